The smallest absolute Gasteiger partial charge is 0.251 e. The maximum absolute atomic E-state index is 12.2. The SMILES string of the molecule is CCC(CC)(CBr)Cn1c(=O)ccc2ccccc21. The summed E-state index contributed by atoms with van der Waals surface area (Å²) in [5.41, 5.74) is 1.27. The summed E-state index contributed by atoms with van der Waals surface area (Å²) in [4.78, 5) is 12.2. The quantitative estimate of drug-likeness (QED) is 0.756. The molecule has 2 rings (SSSR count). The van der Waals surface area contributed by atoms with Gasteiger partial charge in [-0.15, -0.1) is 0 Å². The van der Waals surface area contributed by atoms with Gasteiger partial charge in [0.2, 0.25) is 0 Å². The molecular weight excluding hydrogens is 302 g/mol. The molecule has 2 nitrogen and oxygen atoms in total. The fourth-order valence-electron chi connectivity index (χ4n) is 2.45. The number of aromatic nitrogens is 1. The Kier molecular flexibility index (Phi) is 4.46. The highest BCUT2D eigenvalue weighted by Gasteiger charge is 2.26. The first-order valence-corrected chi connectivity index (χ1v) is 7.92. The number of pyridine rings is 1. The molecule has 1 aromatic carbocycles. The summed E-state index contributed by atoms with van der Waals surface area (Å²) < 4.78 is 1.92. The standard InChI is InChI=1S/C16H20BrNO/c1-3-16(4-2,11-17)12-18-14-8-6-5-7-13(14)9-10-15(18)19/h5-10H,3-4,11-12H2,1-2H3. The van der Waals surface area contributed by atoms with Crippen LogP contribution in [0.1, 0.15) is 26.7 Å². The minimum absolute atomic E-state index is 0.0888. The van der Waals surface area contributed by atoms with E-state index < -0.39 is 0 Å². The summed E-state index contributed by atoms with van der Waals surface area (Å²) in [6.07, 6.45) is 2.12. The second-order valence-electron chi connectivity index (χ2n) is 5.16. The van der Waals surface area contributed by atoms with Gasteiger partial charge in [-0.25, -0.2) is 0 Å². The van der Waals surface area contributed by atoms with E-state index in [0.29, 0.717) is 0 Å². The molecule has 102 valence electrons. The van der Waals surface area contributed by atoms with Crippen molar-refractivity contribution in [1.29, 1.82) is 0 Å². The summed E-state index contributed by atoms with van der Waals surface area (Å²) in [5.74, 6) is 0. The Labute approximate surface area is 122 Å². The average Bonchev–Trinajstić information content (AvgIpc) is 2.47. The second-order valence-corrected chi connectivity index (χ2v) is 5.72. The van der Waals surface area contributed by atoms with E-state index >= 15 is 0 Å². The molecule has 1 aromatic heterocycles. The molecule has 0 bridgehead atoms. The van der Waals surface area contributed by atoms with E-state index in [9.17, 15) is 4.79 Å². The highest BCUT2D eigenvalue weighted by molar-refractivity contribution is 9.09. The Morgan fingerprint density at radius 3 is 2.42 bits per heavy atom. The maximum Gasteiger partial charge on any atom is 0.251 e. The number of hydrogen-bond donors (Lipinski definition) is 0. The van der Waals surface area contributed by atoms with Crippen molar-refractivity contribution in [2.45, 2.75) is 33.2 Å². The lowest BCUT2D eigenvalue weighted by atomic mass is 9.84. The Morgan fingerprint density at radius 1 is 1.11 bits per heavy atom. The van der Waals surface area contributed by atoms with Crippen LogP contribution in [0, 0.1) is 5.41 Å². The van der Waals surface area contributed by atoms with Gasteiger partial charge in [-0.3, -0.25) is 4.79 Å². The van der Waals surface area contributed by atoms with Crippen molar-refractivity contribution in [3.63, 3.8) is 0 Å². The van der Waals surface area contributed by atoms with Crippen LogP contribution >= 0.6 is 15.9 Å². The third-order valence-electron chi connectivity index (χ3n) is 4.18. The Bertz CT molecular complexity index is 605. The van der Waals surface area contributed by atoms with E-state index in [1.807, 2.05) is 28.8 Å². The zero-order valence-corrected chi connectivity index (χ0v) is 13.1. The van der Waals surface area contributed by atoms with E-state index in [-0.39, 0.29) is 11.0 Å². The monoisotopic (exact) mass is 321 g/mol. The predicted molar refractivity (Wildman–Crippen MR) is 85.0 cm³/mol. The maximum atomic E-state index is 12.2. The van der Waals surface area contributed by atoms with E-state index in [1.165, 1.54) is 0 Å². The van der Waals surface area contributed by atoms with Gasteiger partial charge in [0.05, 0.1) is 5.52 Å². The Morgan fingerprint density at radius 2 is 1.79 bits per heavy atom. The van der Waals surface area contributed by atoms with Crippen LogP contribution in [0.3, 0.4) is 0 Å². The molecule has 0 N–H and O–H groups in total. The lowest BCUT2D eigenvalue weighted by Crippen LogP contribution is -2.32. The van der Waals surface area contributed by atoms with Crippen LogP contribution in [0.25, 0.3) is 10.9 Å². The second kappa shape index (κ2) is 5.91. The number of nitrogens with zero attached hydrogens (tertiary/aromatic N) is 1. The van der Waals surface area contributed by atoms with Crippen molar-refractivity contribution in [2.75, 3.05) is 5.33 Å². The molecule has 1 heterocycles. The summed E-state index contributed by atoms with van der Waals surface area (Å²) in [6, 6.07) is 11.7. The third kappa shape index (κ3) is 2.76. The Hall–Kier alpha value is -1.09. The molecule has 0 saturated carbocycles. The van der Waals surface area contributed by atoms with Crippen molar-refractivity contribution in [3.05, 3.63) is 46.8 Å². The topological polar surface area (TPSA) is 22.0 Å². The van der Waals surface area contributed by atoms with Gasteiger partial charge in [0.1, 0.15) is 0 Å². The number of alkyl halides is 1. The molecule has 0 spiro atoms. The van der Waals surface area contributed by atoms with Gasteiger partial charge in [-0.05, 0) is 35.8 Å². The van der Waals surface area contributed by atoms with Gasteiger partial charge in [0.15, 0.2) is 0 Å². The number of fused-ring (bicyclic) bond motifs is 1. The van der Waals surface area contributed by atoms with Crippen molar-refractivity contribution >= 4 is 26.8 Å². The van der Waals surface area contributed by atoms with Crippen molar-refractivity contribution in [3.8, 4) is 0 Å². The zero-order valence-electron chi connectivity index (χ0n) is 11.5. The molecule has 0 atom stereocenters. The molecule has 3 heteroatoms. The predicted octanol–water partition coefficient (Wildman–Crippen LogP) is 4.20. The zero-order chi connectivity index (χ0) is 13.9. The molecule has 19 heavy (non-hydrogen) atoms. The van der Waals surface area contributed by atoms with Gasteiger partial charge in [0, 0.05) is 17.9 Å². The van der Waals surface area contributed by atoms with Crippen LogP contribution in [0.2, 0.25) is 0 Å². The summed E-state index contributed by atoms with van der Waals surface area (Å²) >= 11 is 3.62. The van der Waals surface area contributed by atoms with E-state index in [2.05, 4.69) is 35.8 Å². The van der Waals surface area contributed by atoms with Gasteiger partial charge < -0.3 is 4.57 Å². The molecule has 0 unspecified atom stereocenters. The van der Waals surface area contributed by atoms with Crippen LogP contribution in [-0.4, -0.2) is 9.90 Å². The summed E-state index contributed by atoms with van der Waals surface area (Å²) in [6.45, 7) is 5.16. The molecule has 0 amide bonds. The summed E-state index contributed by atoms with van der Waals surface area (Å²) in [7, 11) is 0. The van der Waals surface area contributed by atoms with Crippen LogP contribution in [0.5, 0.6) is 0 Å². The number of rotatable bonds is 5. The van der Waals surface area contributed by atoms with Crippen LogP contribution in [0.15, 0.2) is 41.2 Å². The van der Waals surface area contributed by atoms with Gasteiger partial charge in [-0.1, -0.05) is 48.0 Å². The number of benzene rings is 1. The van der Waals surface area contributed by atoms with E-state index in [4.69, 9.17) is 0 Å². The van der Waals surface area contributed by atoms with Gasteiger partial charge >= 0.3 is 0 Å². The largest absolute Gasteiger partial charge is 0.308 e. The highest BCUT2D eigenvalue weighted by Crippen LogP contribution is 2.31. The molecule has 0 aliphatic rings. The van der Waals surface area contributed by atoms with Crippen LogP contribution in [0.4, 0.5) is 0 Å². The van der Waals surface area contributed by atoms with Crippen molar-refractivity contribution in [2.24, 2.45) is 5.41 Å². The van der Waals surface area contributed by atoms with Crippen molar-refractivity contribution < 1.29 is 0 Å². The lowest BCUT2D eigenvalue weighted by Gasteiger charge is -2.30. The first kappa shape index (κ1) is 14.3. The van der Waals surface area contributed by atoms with E-state index in [1.54, 1.807) is 6.07 Å². The lowest BCUT2D eigenvalue weighted by molar-refractivity contribution is 0.260. The molecule has 2 aromatic rings. The van der Waals surface area contributed by atoms with E-state index in [0.717, 1.165) is 35.6 Å². The normalized spacial score (nSPS) is 11.9. The molecule has 0 aliphatic heterocycles. The number of para-hydroxylation sites is 1. The number of halogens is 1. The first-order chi connectivity index (χ1) is 9.15. The van der Waals surface area contributed by atoms with Gasteiger partial charge in [0.25, 0.3) is 5.56 Å². The van der Waals surface area contributed by atoms with Crippen molar-refractivity contribution in [1.82, 2.24) is 4.57 Å². The fraction of sp³-hybridized carbons (Fsp3) is 0.438. The fourth-order valence-corrected chi connectivity index (χ4v) is 3.42. The first-order valence-electron chi connectivity index (χ1n) is 6.80. The molecule has 0 fully saturated rings. The van der Waals surface area contributed by atoms with Gasteiger partial charge in [-0.2, -0.15) is 0 Å². The molecule has 0 radical (unpaired) electrons. The molecule has 0 aliphatic carbocycles. The molecular formula is C16H20BrNO. The summed E-state index contributed by atoms with van der Waals surface area (Å²) in [5, 5.41) is 2.04. The highest BCUT2D eigenvalue weighted by atomic mass is 79.9. The molecule has 0 saturated heterocycles. The van der Waals surface area contributed by atoms with Crippen LogP contribution in [-0.2, 0) is 6.54 Å². The Balaban J connectivity index is 2.56. The van der Waals surface area contributed by atoms with Crippen LogP contribution < -0.4 is 5.56 Å². The average molecular weight is 322 g/mol. The minimum Gasteiger partial charge on any atom is -0.308 e. The minimum atomic E-state index is 0.0888. The number of hydrogen-bond acceptors (Lipinski definition) is 1. The third-order valence-corrected chi connectivity index (χ3v) is 5.37.